The Morgan fingerprint density at radius 2 is 1.24 bits per heavy atom. The molecule has 0 aromatic carbocycles. The third-order valence-corrected chi connectivity index (χ3v) is 4.88. The number of ether oxygens (including phenoxy) is 3. The van der Waals surface area contributed by atoms with E-state index in [0.29, 0.717) is 0 Å². The Hall–Kier alpha value is -1.58. The van der Waals surface area contributed by atoms with E-state index in [1.807, 2.05) is 10.9 Å². The van der Waals surface area contributed by atoms with Crippen molar-refractivity contribution in [3.8, 4) is 0 Å². The molecule has 0 radical (unpaired) electrons. The van der Waals surface area contributed by atoms with E-state index in [2.05, 4.69) is 0 Å². The maximum Gasteiger partial charge on any atom is 0.234 e. The third-order valence-electron chi connectivity index (χ3n) is 4.88. The fourth-order valence-corrected chi connectivity index (χ4v) is 2.94. The molecular weight excluding hydrogens is 456 g/mol. The van der Waals surface area contributed by atoms with Crippen molar-refractivity contribution in [3.05, 3.63) is 0 Å². The van der Waals surface area contributed by atoms with Crippen LogP contribution in [0.5, 0.6) is 0 Å². The minimum absolute atomic E-state index is 0.0551. The monoisotopic (exact) mass is 488 g/mol. The SMILES string of the molecule is NNC(=O)CCC(=O)NN.OC[C@H]1O[C@@H](O[C@H]2[C@H](O)[C@@H](O)[C@@H](O)O[C@@H]2CO)[C@H](O)[C@@H](O)[C@H]1O. The molecule has 14 N–H and O–H groups in total. The number of nitrogens with one attached hydrogen (secondary N) is 2. The molecule has 17 heteroatoms. The van der Waals surface area contributed by atoms with Crippen LogP contribution in [0.2, 0.25) is 0 Å². The van der Waals surface area contributed by atoms with Gasteiger partial charge in [0.1, 0.15) is 48.8 Å². The van der Waals surface area contributed by atoms with Crippen LogP contribution in [0.4, 0.5) is 0 Å². The molecule has 2 heterocycles. The second-order valence-electron chi connectivity index (χ2n) is 7.16. The van der Waals surface area contributed by atoms with Gasteiger partial charge in [-0.1, -0.05) is 0 Å². The van der Waals surface area contributed by atoms with Crippen LogP contribution in [0.15, 0.2) is 0 Å². The van der Waals surface area contributed by atoms with Gasteiger partial charge in [-0.15, -0.1) is 0 Å². The maximum atomic E-state index is 10.4. The van der Waals surface area contributed by atoms with Gasteiger partial charge in [-0.3, -0.25) is 20.4 Å². The molecule has 0 bridgehead atoms. The van der Waals surface area contributed by atoms with Gasteiger partial charge in [-0.05, 0) is 0 Å². The van der Waals surface area contributed by atoms with Crippen molar-refractivity contribution in [3.63, 3.8) is 0 Å². The highest BCUT2D eigenvalue weighted by atomic mass is 16.7. The van der Waals surface area contributed by atoms with E-state index in [4.69, 9.17) is 31.0 Å². The van der Waals surface area contributed by atoms with Crippen molar-refractivity contribution in [1.29, 1.82) is 0 Å². The number of hydrazine groups is 2. The molecule has 0 aromatic rings. The lowest BCUT2D eigenvalue weighted by molar-refractivity contribution is -0.355. The molecule has 2 rings (SSSR count). The number of hydrogen-bond donors (Lipinski definition) is 12. The molecular formula is C16H32N4O13. The van der Waals surface area contributed by atoms with Crippen molar-refractivity contribution >= 4 is 11.8 Å². The Morgan fingerprint density at radius 3 is 1.70 bits per heavy atom. The molecule has 0 spiro atoms. The van der Waals surface area contributed by atoms with Crippen LogP contribution in [0.3, 0.4) is 0 Å². The van der Waals surface area contributed by atoms with Gasteiger partial charge in [0.15, 0.2) is 12.6 Å². The lowest BCUT2D eigenvalue weighted by Gasteiger charge is -2.45. The molecule has 2 saturated heterocycles. The van der Waals surface area contributed by atoms with Gasteiger partial charge in [-0.2, -0.15) is 0 Å². The first-order valence-corrected chi connectivity index (χ1v) is 9.77. The van der Waals surface area contributed by atoms with E-state index in [-0.39, 0.29) is 24.7 Å². The van der Waals surface area contributed by atoms with E-state index < -0.39 is 74.6 Å². The summed E-state index contributed by atoms with van der Waals surface area (Å²) in [5, 5.41) is 76.5. The Bertz CT molecular complexity index is 597. The van der Waals surface area contributed by atoms with E-state index >= 15 is 0 Å². The average Bonchev–Trinajstić information content (AvgIpc) is 2.82. The van der Waals surface area contributed by atoms with Gasteiger partial charge in [-0.25, -0.2) is 11.7 Å². The predicted octanol–water partition coefficient (Wildman–Crippen LogP) is -7.65. The molecule has 10 atom stereocenters. The van der Waals surface area contributed by atoms with Crippen molar-refractivity contribution in [2.24, 2.45) is 11.7 Å². The highest BCUT2D eigenvalue weighted by Gasteiger charge is 2.50. The number of carbonyl (C=O) groups excluding carboxylic acids is 2. The smallest absolute Gasteiger partial charge is 0.234 e. The third kappa shape index (κ3) is 8.00. The van der Waals surface area contributed by atoms with Crippen molar-refractivity contribution in [2.45, 2.75) is 74.3 Å². The topological polar surface area (TPSA) is 300 Å². The summed E-state index contributed by atoms with van der Waals surface area (Å²) >= 11 is 0. The number of aliphatic hydroxyl groups is 8. The Kier molecular flexibility index (Phi) is 12.5. The lowest BCUT2D eigenvalue weighted by Crippen LogP contribution is -2.64. The molecule has 2 amide bonds. The van der Waals surface area contributed by atoms with Gasteiger partial charge >= 0.3 is 0 Å². The number of rotatable bonds is 7. The van der Waals surface area contributed by atoms with Gasteiger partial charge in [0.25, 0.3) is 0 Å². The summed E-state index contributed by atoms with van der Waals surface area (Å²) in [7, 11) is 0. The van der Waals surface area contributed by atoms with Gasteiger partial charge in [0.2, 0.25) is 11.8 Å². The van der Waals surface area contributed by atoms with Crippen LogP contribution in [-0.2, 0) is 23.8 Å². The van der Waals surface area contributed by atoms with Crippen LogP contribution < -0.4 is 22.5 Å². The molecule has 33 heavy (non-hydrogen) atoms. The molecule has 17 nitrogen and oxygen atoms in total. The summed E-state index contributed by atoms with van der Waals surface area (Å²) in [6, 6.07) is 0. The van der Waals surface area contributed by atoms with Crippen molar-refractivity contribution in [1.82, 2.24) is 10.9 Å². The zero-order chi connectivity index (χ0) is 25.3. The zero-order valence-electron chi connectivity index (χ0n) is 17.4. The molecule has 2 fully saturated rings. The van der Waals surface area contributed by atoms with E-state index in [1.54, 1.807) is 0 Å². The van der Waals surface area contributed by atoms with Crippen LogP contribution in [0.1, 0.15) is 12.8 Å². The second-order valence-corrected chi connectivity index (χ2v) is 7.16. The Balaban J connectivity index is 0.000000461. The minimum atomic E-state index is -1.74. The molecule has 0 saturated carbocycles. The lowest BCUT2D eigenvalue weighted by atomic mass is 9.97. The van der Waals surface area contributed by atoms with Crippen molar-refractivity contribution < 1.29 is 64.7 Å². The van der Waals surface area contributed by atoms with Gasteiger partial charge in [0, 0.05) is 12.8 Å². The molecule has 0 aliphatic carbocycles. The molecule has 0 aromatic heterocycles. The number of carbonyl (C=O) groups is 2. The summed E-state index contributed by atoms with van der Waals surface area (Å²) in [5.74, 6) is 8.70. The largest absolute Gasteiger partial charge is 0.394 e. The highest BCUT2D eigenvalue weighted by Crippen LogP contribution is 2.28. The van der Waals surface area contributed by atoms with Crippen LogP contribution in [0, 0.1) is 0 Å². The second kappa shape index (κ2) is 14.0. The maximum absolute atomic E-state index is 10.4. The van der Waals surface area contributed by atoms with Gasteiger partial charge in [0.05, 0.1) is 13.2 Å². The predicted molar refractivity (Wildman–Crippen MR) is 103 cm³/mol. The summed E-state index contributed by atoms with van der Waals surface area (Å²) in [4.78, 5) is 20.8. The standard InChI is InChI=1S/C12H22O11.C4H10N4O2/c13-1-3-5(15)6(16)9(19)12(22-3)23-10-4(2-14)21-11(20)8(18)7(10)17;5-7-3(9)1-2-4(10)8-6/h3-20H,1-2H2;1-2,5-6H2,(H,7,9)(H,8,10)/t3-,4-,5+,6+,7-,8-,9-,10-,11+,12+;/m1./s1. The average molecular weight is 488 g/mol. The number of amides is 2. The quantitative estimate of drug-likeness (QED) is 0.0899. The summed E-state index contributed by atoms with van der Waals surface area (Å²) in [6.45, 7) is -1.35. The summed E-state index contributed by atoms with van der Waals surface area (Å²) in [6.07, 6.45) is -15.5. The zero-order valence-corrected chi connectivity index (χ0v) is 17.4. The van der Waals surface area contributed by atoms with E-state index in [1.165, 1.54) is 0 Å². The first-order chi connectivity index (χ1) is 15.5. The summed E-state index contributed by atoms with van der Waals surface area (Å²) in [5.41, 5.74) is 3.77. The Morgan fingerprint density at radius 1 is 0.727 bits per heavy atom. The molecule has 0 unspecified atom stereocenters. The van der Waals surface area contributed by atoms with Crippen molar-refractivity contribution in [2.75, 3.05) is 13.2 Å². The number of hydrogen-bond acceptors (Lipinski definition) is 15. The molecule has 2 aliphatic rings. The number of nitrogens with two attached hydrogens (primary N) is 2. The van der Waals surface area contributed by atoms with E-state index in [9.17, 15) is 45.3 Å². The van der Waals surface area contributed by atoms with Crippen LogP contribution in [0.25, 0.3) is 0 Å². The normalized spacial score (nSPS) is 38.6. The van der Waals surface area contributed by atoms with Crippen LogP contribution >= 0.6 is 0 Å². The summed E-state index contributed by atoms with van der Waals surface area (Å²) < 4.78 is 15.3. The Labute approximate surface area is 187 Å². The fraction of sp³-hybridized carbons (Fsp3) is 0.875. The van der Waals surface area contributed by atoms with Gasteiger partial charge < -0.3 is 55.1 Å². The van der Waals surface area contributed by atoms with Crippen LogP contribution in [-0.4, -0.2) is 127 Å². The number of aliphatic hydroxyl groups excluding tert-OH is 8. The molecule has 2 aliphatic heterocycles. The minimum Gasteiger partial charge on any atom is -0.394 e. The fourth-order valence-electron chi connectivity index (χ4n) is 2.94. The molecule has 194 valence electrons. The first-order valence-electron chi connectivity index (χ1n) is 9.77. The van der Waals surface area contributed by atoms with E-state index in [0.717, 1.165) is 0 Å². The highest BCUT2D eigenvalue weighted by molar-refractivity contribution is 5.82. The first kappa shape index (κ1) is 29.5.